The van der Waals surface area contributed by atoms with Crippen molar-refractivity contribution in [3.8, 4) is 11.5 Å². The first-order valence-electron chi connectivity index (χ1n) is 17.7. The SMILES string of the molecule is COc1ccc(/C=C2\C[C@H]3[C@@H]4CC=C5C[C@@H](N6CCCC6)CC[C@]5(C)[C@H]4CC[C@]3(C)[C@H]2O)cc1OCCN1CCCCC1. The minimum atomic E-state index is -0.367. The van der Waals surface area contributed by atoms with Crippen molar-refractivity contribution in [2.45, 2.75) is 103 Å². The van der Waals surface area contributed by atoms with Gasteiger partial charge in [-0.25, -0.2) is 0 Å². The second kappa shape index (κ2) is 12.2. The van der Waals surface area contributed by atoms with E-state index in [1.807, 2.05) is 6.07 Å². The summed E-state index contributed by atoms with van der Waals surface area (Å²) in [5.41, 5.74) is 4.44. The van der Waals surface area contributed by atoms with E-state index in [1.165, 1.54) is 96.0 Å². The molecule has 0 unspecified atom stereocenters. The van der Waals surface area contributed by atoms with E-state index in [2.05, 4.69) is 47.9 Å². The Hall–Kier alpha value is -1.82. The smallest absolute Gasteiger partial charge is 0.161 e. The second-order valence-electron chi connectivity index (χ2n) is 15.4. The Morgan fingerprint density at radius 1 is 0.930 bits per heavy atom. The van der Waals surface area contributed by atoms with Gasteiger partial charge in [0, 0.05) is 18.0 Å². The van der Waals surface area contributed by atoms with Gasteiger partial charge in [0.25, 0.3) is 0 Å². The number of likely N-dealkylation sites (tertiary alicyclic amines) is 2. The summed E-state index contributed by atoms with van der Waals surface area (Å²) < 4.78 is 11.9. The van der Waals surface area contributed by atoms with Crippen LogP contribution in [0.1, 0.15) is 96.5 Å². The van der Waals surface area contributed by atoms with E-state index in [9.17, 15) is 5.11 Å². The molecule has 5 heteroatoms. The van der Waals surface area contributed by atoms with Crippen molar-refractivity contribution in [1.29, 1.82) is 0 Å². The van der Waals surface area contributed by atoms with Gasteiger partial charge >= 0.3 is 0 Å². The maximum atomic E-state index is 11.9. The van der Waals surface area contributed by atoms with E-state index in [0.717, 1.165) is 48.4 Å². The van der Waals surface area contributed by atoms with Crippen LogP contribution in [-0.4, -0.2) is 73.5 Å². The predicted molar refractivity (Wildman–Crippen MR) is 174 cm³/mol. The van der Waals surface area contributed by atoms with E-state index >= 15 is 0 Å². The highest BCUT2D eigenvalue weighted by molar-refractivity contribution is 5.60. The highest BCUT2D eigenvalue weighted by atomic mass is 16.5. The topological polar surface area (TPSA) is 45.2 Å². The number of aliphatic hydroxyl groups excluding tert-OH is 1. The Bertz CT molecular complexity index is 1210. The van der Waals surface area contributed by atoms with Crippen molar-refractivity contribution in [3.63, 3.8) is 0 Å². The molecule has 2 heterocycles. The first-order chi connectivity index (χ1) is 20.9. The minimum absolute atomic E-state index is 0.0261. The van der Waals surface area contributed by atoms with Gasteiger partial charge in [0.1, 0.15) is 6.61 Å². The third-order valence-electron chi connectivity index (χ3n) is 13.3. The van der Waals surface area contributed by atoms with Gasteiger partial charge in [0.15, 0.2) is 11.5 Å². The van der Waals surface area contributed by atoms with Gasteiger partial charge in [-0.2, -0.15) is 0 Å². The summed E-state index contributed by atoms with van der Waals surface area (Å²) in [6.07, 6.45) is 20.0. The molecule has 7 atom stereocenters. The Labute approximate surface area is 260 Å². The van der Waals surface area contributed by atoms with Crippen LogP contribution in [0, 0.1) is 28.6 Å². The Kier molecular flexibility index (Phi) is 8.46. The predicted octanol–water partition coefficient (Wildman–Crippen LogP) is 7.34. The van der Waals surface area contributed by atoms with Gasteiger partial charge in [0.2, 0.25) is 0 Å². The summed E-state index contributed by atoms with van der Waals surface area (Å²) >= 11 is 0. The lowest BCUT2D eigenvalue weighted by atomic mass is 9.48. The normalized spacial score (nSPS) is 39.2. The monoisotopic (exact) mass is 588 g/mol. The molecule has 1 N–H and O–H groups in total. The molecule has 0 aromatic heterocycles. The van der Waals surface area contributed by atoms with Crippen LogP contribution in [0.3, 0.4) is 0 Å². The van der Waals surface area contributed by atoms with Crippen LogP contribution in [-0.2, 0) is 0 Å². The average molecular weight is 589 g/mol. The molecule has 1 aromatic carbocycles. The number of methoxy groups -OCH3 is 1. The molecule has 4 aliphatic carbocycles. The molecule has 0 radical (unpaired) electrons. The number of fused-ring (bicyclic) bond motifs is 5. The number of ether oxygens (including phenoxy) is 2. The van der Waals surface area contributed by atoms with Gasteiger partial charge in [0.05, 0.1) is 13.2 Å². The van der Waals surface area contributed by atoms with Gasteiger partial charge in [-0.3, -0.25) is 4.90 Å². The lowest BCUT2D eigenvalue weighted by Crippen LogP contribution is -2.52. The molecule has 7 rings (SSSR count). The van der Waals surface area contributed by atoms with Crippen LogP contribution in [0.15, 0.2) is 35.4 Å². The zero-order valence-corrected chi connectivity index (χ0v) is 27.2. The fourth-order valence-electron chi connectivity index (χ4n) is 10.6. The lowest BCUT2D eigenvalue weighted by molar-refractivity contribution is -0.0662. The van der Waals surface area contributed by atoms with Crippen molar-refractivity contribution in [2.75, 3.05) is 46.4 Å². The van der Waals surface area contributed by atoms with Gasteiger partial charge in [-0.15, -0.1) is 0 Å². The summed E-state index contributed by atoms with van der Waals surface area (Å²) in [6.45, 7) is 11.6. The first kappa shape index (κ1) is 29.9. The molecule has 2 saturated heterocycles. The third kappa shape index (κ3) is 5.50. The standard InChI is InChI=1S/C38H56N2O3/c1-37-15-13-30(40-19-7-8-20-40)26-29(37)10-11-31-32(37)14-16-38(2)33(31)25-28(36(38)41)23-27-9-12-34(42-3)35(24-27)43-22-21-39-17-5-4-6-18-39/h9-10,12,23-24,30-33,36,41H,4-8,11,13-22,25-26H2,1-3H3/b28-23+/t30-,31+,32-,33-,36-,37-,38-/m0/s1. The van der Waals surface area contributed by atoms with Crippen LogP contribution in [0.25, 0.3) is 6.08 Å². The maximum Gasteiger partial charge on any atom is 0.161 e. The second-order valence-corrected chi connectivity index (χ2v) is 15.4. The number of rotatable bonds is 7. The highest BCUT2D eigenvalue weighted by Crippen LogP contribution is 2.66. The van der Waals surface area contributed by atoms with Crippen LogP contribution < -0.4 is 9.47 Å². The summed E-state index contributed by atoms with van der Waals surface area (Å²) in [4.78, 5) is 5.30. The fraction of sp³-hybridized carbons (Fsp3) is 0.737. The van der Waals surface area contributed by atoms with Gasteiger partial charge in [-0.1, -0.05) is 44.1 Å². The van der Waals surface area contributed by atoms with Crippen LogP contribution in [0.2, 0.25) is 0 Å². The Morgan fingerprint density at radius 3 is 2.51 bits per heavy atom. The molecular weight excluding hydrogens is 532 g/mol. The molecule has 1 aromatic rings. The number of benzene rings is 1. The number of nitrogens with zero attached hydrogens (tertiary/aromatic N) is 2. The van der Waals surface area contributed by atoms with Crippen molar-refractivity contribution >= 4 is 6.08 Å². The fourth-order valence-corrected chi connectivity index (χ4v) is 10.6. The highest BCUT2D eigenvalue weighted by Gasteiger charge is 2.59. The third-order valence-corrected chi connectivity index (χ3v) is 13.3. The zero-order chi connectivity index (χ0) is 29.6. The molecule has 0 bridgehead atoms. The molecule has 236 valence electrons. The Morgan fingerprint density at radius 2 is 1.72 bits per heavy atom. The van der Waals surface area contributed by atoms with Crippen molar-refractivity contribution < 1.29 is 14.6 Å². The lowest BCUT2D eigenvalue weighted by Gasteiger charge is -2.58. The minimum Gasteiger partial charge on any atom is -0.493 e. The molecule has 43 heavy (non-hydrogen) atoms. The number of hydrogen-bond donors (Lipinski definition) is 1. The summed E-state index contributed by atoms with van der Waals surface area (Å²) in [5.74, 6) is 3.59. The van der Waals surface area contributed by atoms with E-state index in [1.54, 1.807) is 12.7 Å². The van der Waals surface area contributed by atoms with Crippen LogP contribution in [0.4, 0.5) is 0 Å². The van der Waals surface area contributed by atoms with Gasteiger partial charge in [-0.05, 0) is 143 Å². The van der Waals surface area contributed by atoms with E-state index in [4.69, 9.17) is 9.47 Å². The van der Waals surface area contributed by atoms with E-state index < -0.39 is 0 Å². The number of aliphatic hydroxyl groups is 1. The summed E-state index contributed by atoms with van der Waals surface area (Å²) in [5, 5.41) is 11.9. The first-order valence-corrected chi connectivity index (χ1v) is 17.7. The molecule has 3 saturated carbocycles. The molecule has 6 aliphatic rings. The Balaban J connectivity index is 1.07. The zero-order valence-electron chi connectivity index (χ0n) is 27.2. The molecule has 2 aliphatic heterocycles. The van der Waals surface area contributed by atoms with Gasteiger partial charge < -0.3 is 19.5 Å². The number of allylic oxidation sites excluding steroid dienone is 1. The quantitative estimate of drug-likeness (QED) is 0.338. The largest absolute Gasteiger partial charge is 0.493 e. The molecule has 5 fully saturated rings. The van der Waals surface area contributed by atoms with Crippen molar-refractivity contribution in [1.82, 2.24) is 9.80 Å². The molecular formula is C38H56N2O3. The summed E-state index contributed by atoms with van der Waals surface area (Å²) in [7, 11) is 1.72. The van der Waals surface area contributed by atoms with E-state index in [-0.39, 0.29) is 11.5 Å². The molecule has 5 nitrogen and oxygen atoms in total. The average Bonchev–Trinajstić information content (AvgIpc) is 3.65. The van der Waals surface area contributed by atoms with Crippen LogP contribution >= 0.6 is 0 Å². The van der Waals surface area contributed by atoms with Crippen molar-refractivity contribution in [2.24, 2.45) is 28.6 Å². The summed E-state index contributed by atoms with van der Waals surface area (Å²) in [6, 6.07) is 7.05. The van der Waals surface area contributed by atoms with Crippen molar-refractivity contribution in [3.05, 3.63) is 41.0 Å². The number of piperidine rings is 1. The van der Waals surface area contributed by atoms with E-state index in [0.29, 0.717) is 23.9 Å². The maximum absolute atomic E-state index is 11.9. The van der Waals surface area contributed by atoms with Crippen LogP contribution in [0.5, 0.6) is 11.5 Å². The molecule has 0 amide bonds. The molecule has 0 spiro atoms. The number of hydrogen-bond acceptors (Lipinski definition) is 5.